The van der Waals surface area contributed by atoms with E-state index in [9.17, 15) is 0 Å². The summed E-state index contributed by atoms with van der Waals surface area (Å²) in [4.78, 5) is 0. The first-order valence-electron chi connectivity index (χ1n) is 3.19. The van der Waals surface area contributed by atoms with Crippen molar-refractivity contribution in [3.63, 3.8) is 0 Å². The number of aromatic nitrogens is 2. The van der Waals surface area contributed by atoms with Crippen LogP contribution in [0.4, 0.5) is 0 Å². The molecule has 0 amide bonds. The summed E-state index contributed by atoms with van der Waals surface area (Å²) in [6.07, 6.45) is 0. The van der Waals surface area contributed by atoms with Gasteiger partial charge in [-0.1, -0.05) is 35.6 Å². The molecule has 2 aromatic rings. The van der Waals surface area contributed by atoms with Crippen molar-refractivity contribution >= 4 is 11.3 Å². The largest absolute Gasteiger partial charge is 0.147 e. The summed E-state index contributed by atoms with van der Waals surface area (Å²) in [5, 5.41) is 8.66. The van der Waals surface area contributed by atoms with Crippen LogP contribution in [-0.4, -0.2) is 10.2 Å². The molecule has 0 aliphatic heterocycles. The second-order valence-electron chi connectivity index (χ2n) is 2.03. The van der Waals surface area contributed by atoms with Gasteiger partial charge in [0.15, 0.2) is 0 Å². The molecule has 1 heterocycles. The molecular formula is C8H5N2S. The van der Waals surface area contributed by atoms with Gasteiger partial charge >= 0.3 is 0 Å². The highest BCUT2D eigenvalue weighted by molar-refractivity contribution is 7.12. The summed E-state index contributed by atoms with van der Waals surface area (Å²) in [5.74, 6) is 0. The van der Waals surface area contributed by atoms with Crippen LogP contribution in [0.2, 0.25) is 0 Å². The first-order valence-corrected chi connectivity index (χ1v) is 4.07. The van der Waals surface area contributed by atoms with Gasteiger partial charge in [0, 0.05) is 5.56 Å². The van der Waals surface area contributed by atoms with E-state index in [-0.39, 0.29) is 0 Å². The van der Waals surface area contributed by atoms with E-state index in [4.69, 9.17) is 0 Å². The van der Waals surface area contributed by atoms with Crippen LogP contribution >= 0.6 is 11.3 Å². The summed E-state index contributed by atoms with van der Waals surface area (Å²) >= 11 is 1.54. The van der Waals surface area contributed by atoms with E-state index in [0.717, 1.165) is 10.6 Å². The van der Waals surface area contributed by atoms with Gasteiger partial charge in [0.2, 0.25) is 0 Å². The van der Waals surface area contributed by atoms with Gasteiger partial charge < -0.3 is 0 Å². The fourth-order valence-corrected chi connectivity index (χ4v) is 1.39. The Morgan fingerprint density at radius 2 is 2.09 bits per heavy atom. The number of rotatable bonds is 1. The summed E-state index contributed by atoms with van der Waals surface area (Å²) in [7, 11) is 0. The molecule has 0 atom stereocenters. The zero-order valence-corrected chi connectivity index (χ0v) is 6.51. The van der Waals surface area contributed by atoms with Crippen LogP contribution in [0.5, 0.6) is 0 Å². The van der Waals surface area contributed by atoms with Gasteiger partial charge in [-0.25, -0.2) is 0 Å². The van der Waals surface area contributed by atoms with Crippen molar-refractivity contribution in [3.05, 3.63) is 35.8 Å². The maximum atomic E-state index is 3.94. The van der Waals surface area contributed by atoms with Crippen molar-refractivity contribution in [1.82, 2.24) is 10.2 Å². The molecule has 11 heavy (non-hydrogen) atoms. The Balaban J connectivity index is 2.46. The van der Waals surface area contributed by atoms with E-state index in [1.807, 2.05) is 24.3 Å². The van der Waals surface area contributed by atoms with E-state index in [2.05, 4.69) is 16.3 Å². The Kier molecular flexibility index (Phi) is 1.65. The van der Waals surface area contributed by atoms with Crippen molar-refractivity contribution in [2.45, 2.75) is 0 Å². The average Bonchev–Trinajstić information content (AvgIpc) is 2.58. The maximum Gasteiger partial charge on any atom is 0.147 e. The maximum absolute atomic E-state index is 3.94. The van der Waals surface area contributed by atoms with Crippen molar-refractivity contribution in [2.24, 2.45) is 0 Å². The lowest BCUT2D eigenvalue weighted by atomic mass is 10.2. The van der Waals surface area contributed by atoms with E-state index >= 15 is 0 Å². The molecule has 2 rings (SSSR count). The van der Waals surface area contributed by atoms with Crippen molar-refractivity contribution in [2.75, 3.05) is 0 Å². The zero-order valence-electron chi connectivity index (χ0n) is 5.69. The van der Waals surface area contributed by atoms with Crippen molar-refractivity contribution in [3.8, 4) is 10.6 Å². The number of nitrogens with zero attached hydrogens (tertiary/aromatic N) is 2. The molecule has 0 aliphatic rings. The monoisotopic (exact) mass is 161 g/mol. The molecule has 0 saturated heterocycles. The molecule has 0 bridgehead atoms. The molecule has 53 valence electrons. The summed E-state index contributed by atoms with van der Waals surface area (Å²) in [6.45, 7) is 0. The highest BCUT2D eigenvalue weighted by atomic mass is 32.1. The minimum absolute atomic E-state index is 0.957. The van der Waals surface area contributed by atoms with Gasteiger partial charge in [0.05, 0.1) is 0 Å². The van der Waals surface area contributed by atoms with Gasteiger partial charge in [-0.05, 0) is 6.07 Å². The first-order chi connectivity index (χ1) is 5.47. The van der Waals surface area contributed by atoms with Crippen LogP contribution in [0.15, 0.2) is 29.8 Å². The second kappa shape index (κ2) is 2.80. The lowest BCUT2D eigenvalue weighted by molar-refractivity contribution is 1.10. The van der Waals surface area contributed by atoms with Gasteiger partial charge in [0.25, 0.3) is 0 Å². The topological polar surface area (TPSA) is 25.8 Å². The first kappa shape index (κ1) is 6.49. The molecule has 0 aliphatic carbocycles. The fraction of sp³-hybridized carbons (Fsp3) is 0. The smallest absolute Gasteiger partial charge is 0.147 e. The highest BCUT2D eigenvalue weighted by Crippen LogP contribution is 2.18. The number of hydrogen-bond acceptors (Lipinski definition) is 3. The summed E-state index contributed by atoms with van der Waals surface area (Å²) in [5.41, 5.74) is 2.83. The van der Waals surface area contributed by atoms with Crippen LogP contribution in [0.3, 0.4) is 0 Å². The Bertz CT molecular complexity index is 315. The Morgan fingerprint density at radius 1 is 1.27 bits per heavy atom. The molecule has 1 radical (unpaired) electrons. The SMILES string of the molecule is [c]1ccc(-c2nncs2)cc1. The summed E-state index contributed by atoms with van der Waals surface area (Å²) in [6, 6.07) is 10.6. The fourth-order valence-electron chi connectivity index (χ4n) is 0.828. The van der Waals surface area contributed by atoms with Crippen LogP contribution in [0.1, 0.15) is 0 Å². The molecule has 2 nitrogen and oxygen atoms in total. The molecule has 0 saturated carbocycles. The second-order valence-corrected chi connectivity index (χ2v) is 2.87. The van der Waals surface area contributed by atoms with E-state index in [1.165, 1.54) is 11.3 Å². The Morgan fingerprint density at radius 3 is 2.73 bits per heavy atom. The predicted molar refractivity (Wildman–Crippen MR) is 44.2 cm³/mol. The normalized spacial score (nSPS) is 9.82. The third-order valence-corrected chi connectivity index (χ3v) is 2.07. The molecule has 0 N–H and O–H groups in total. The van der Waals surface area contributed by atoms with E-state index in [0.29, 0.717) is 0 Å². The molecular weight excluding hydrogens is 156 g/mol. The molecule has 1 aromatic carbocycles. The Labute approximate surface area is 68.5 Å². The van der Waals surface area contributed by atoms with Gasteiger partial charge in [-0.3, -0.25) is 0 Å². The standard InChI is InChI=1S/C8H5N2S/c1-2-4-7(5-3-1)8-10-9-6-11-8/h2-6H. The van der Waals surface area contributed by atoms with Crippen molar-refractivity contribution in [1.29, 1.82) is 0 Å². The minimum atomic E-state index is 0.957. The summed E-state index contributed by atoms with van der Waals surface area (Å²) < 4.78 is 0. The third kappa shape index (κ3) is 1.28. The molecule has 0 unspecified atom stereocenters. The number of hydrogen-bond donors (Lipinski definition) is 0. The van der Waals surface area contributed by atoms with Crippen LogP contribution < -0.4 is 0 Å². The van der Waals surface area contributed by atoms with Gasteiger partial charge in [-0.2, -0.15) is 0 Å². The average molecular weight is 161 g/mol. The molecule has 0 spiro atoms. The lowest BCUT2D eigenvalue weighted by Crippen LogP contribution is -1.74. The van der Waals surface area contributed by atoms with Crippen molar-refractivity contribution < 1.29 is 0 Å². The van der Waals surface area contributed by atoms with Crippen LogP contribution in [0.25, 0.3) is 10.6 Å². The van der Waals surface area contributed by atoms with Gasteiger partial charge in [0.1, 0.15) is 10.5 Å². The lowest BCUT2D eigenvalue weighted by Gasteiger charge is -1.90. The third-order valence-electron chi connectivity index (χ3n) is 1.33. The molecule has 1 aromatic heterocycles. The zero-order chi connectivity index (χ0) is 7.52. The quantitative estimate of drug-likeness (QED) is 0.639. The van der Waals surface area contributed by atoms with Gasteiger partial charge in [-0.15, -0.1) is 10.2 Å². The number of benzene rings is 1. The predicted octanol–water partition coefficient (Wildman–Crippen LogP) is 2.01. The van der Waals surface area contributed by atoms with Crippen LogP contribution in [0, 0.1) is 6.07 Å². The minimum Gasteiger partial charge on any atom is -0.147 e. The van der Waals surface area contributed by atoms with Crippen LogP contribution in [-0.2, 0) is 0 Å². The van der Waals surface area contributed by atoms with E-state index in [1.54, 1.807) is 5.51 Å². The highest BCUT2D eigenvalue weighted by Gasteiger charge is 1.97. The van der Waals surface area contributed by atoms with E-state index < -0.39 is 0 Å². The Hall–Kier alpha value is -1.22. The molecule has 3 heteroatoms. The molecule has 0 fully saturated rings.